The van der Waals surface area contributed by atoms with Gasteiger partial charge in [-0.1, -0.05) is 19.1 Å². The number of rotatable bonds is 6. The summed E-state index contributed by atoms with van der Waals surface area (Å²) in [4.78, 5) is 15.5. The smallest absolute Gasteiger partial charge is 0.238 e. The van der Waals surface area contributed by atoms with Crippen LogP contribution in [0.15, 0.2) is 29.2 Å². The van der Waals surface area contributed by atoms with Crippen LogP contribution in [0, 0.1) is 11.3 Å². The lowest BCUT2D eigenvalue weighted by atomic mass is 10.1. The standard InChI is InChI=1S/C18H25N3O2S/c1-14(8-9-19)24-16-7-5-4-6-15(16)20-17(22)12-21-10-11-23-18(2,3)13-21/h4-7,14H,8,10-13H2,1-3H3,(H,20,22)/t14-/m0/s1. The highest BCUT2D eigenvalue weighted by Gasteiger charge is 2.28. The van der Waals surface area contributed by atoms with E-state index in [2.05, 4.69) is 16.3 Å². The van der Waals surface area contributed by atoms with Crippen molar-refractivity contribution in [2.75, 3.05) is 31.6 Å². The number of anilines is 1. The predicted molar refractivity (Wildman–Crippen MR) is 97.1 cm³/mol. The van der Waals surface area contributed by atoms with Gasteiger partial charge in [-0.15, -0.1) is 11.8 Å². The fourth-order valence-electron chi connectivity index (χ4n) is 2.70. The number of hydrogen-bond donors (Lipinski definition) is 1. The van der Waals surface area contributed by atoms with E-state index in [0.29, 0.717) is 19.6 Å². The van der Waals surface area contributed by atoms with Gasteiger partial charge in [0.2, 0.25) is 5.91 Å². The van der Waals surface area contributed by atoms with E-state index >= 15 is 0 Å². The van der Waals surface area contributed by atoms with Crippen LogP contribution in [-0.4, -0.2) is 47.9 Å². The summed E-state index contributed by atoms with van der Waals surface area (Å²) >= 11 is 1.61. The molecule has 0 aromatic heterocycles. The molecule has 1 aliphatic rings. The molecule has 1 N–H and O–H groups in total. The summed E-state index contributed by atoms with van der Waals surface area (Å²) < 4.78 is 5.68. The molecule has 1 heterocycles. The summed E-state index contributed by atoms with van der Waals surface area (Å²) in [6.45, 7) is 8.63. The van der Waals surface area contributed by atoms with Crippen molar-refractivity contribution in [2.24, 2.45) is 0 Å². The maximum absolute atomic E-state index is 12.4. The average Bonchev–Trinajstić information content (AvgIpc) is 2.48. The molecule has 1 amide bonds. The number of amides is 1. The van der Waals surface area contributed by atoms with Crippen molar-refractivity contribution in [3.05, 3.63) is 24.3 Å². The molecule has 130 valence electrons. The molecule has 24 heavy (non-hydrogen) atoms. The van der Waals surface area contributed by atoms with E-state index in [-0.39, 0.29) is 16.8 Å². The Bertz CT molecular complexity index is 613. The maximum atomic E-state index is 12.4. The number of benzene rings is 1. The topological polar surface area (TPSA) is 65.4 Å². The van der Waals surface area contributed by atoms with Crippen LogP contribution in [0.4, 0.5) is 5.69 Å². The number of hydrogen-bond acceptors (Lipinski definition) is 5. The van der Waals surface area contributed by atoms with Crippen LogP contribution in [0.3, 0.4) is 0 Å². The molecule has 5 nitrogen and oxygen atoms in total. The number of ether oxygens (including phenoxy) is 1. The van der Waals surface area contributed by atoms with Crippen LogP contribution in [0.25, 0.3) is 0 Å². The van der Waals surface area contributed by atoms with Gasteiger partial charge in [-0.3, -0.25) is 9.69 Å². The van der Waals surface area contributed by atoms with Crippen molar-refractivity contribution in [3.63, 3.8) is 0 Å². The summed E-state index contributed by atoms with van der Waals surface area (Å²) in [5.74, 6) is -0.0197. The number of morpholine rings is 1. The SMILES string of the molecule is C[C@@H](CC#N)Sc1ccccc1NC(=O)CN1CCOC(C)(C)C1. The van der Waals surface area contributed by atoms with E-state index in [1.54, 1.807) is 11.8 Å². The Hall–Kier alpha value is -1.55. The Morgan fingerprint density at radius 2 is 2.25 bits per heavy atom. The molecule has 1 aromatic rings. The van der Waals surface area contributed by atoms with Crippen LogP contribution >= 0.6 is 11.8 Å². The minimum absolute atomic E-state index is 0.0197. The quantitative estimate of drug-likeness (QED) is 0.801. The highest BCUT2D eigenvalue weighted by Crippen LogP contribution is 2.31. The van der Waals surface area contributed by atoms with Crippen LogP contribution < -0.4 is 5.32 Å². The summed E-state index contributed by atoms with van der Waals surface area (Å²) in [5, 5.41) is 12.0. The van der Waals surface area contributed by atoms with Crippen LogP contribution in [0.2, 0.25) is 0 Å². The molecule has 2 rings (SSSR count). The molecule has 0 radical (unpaired) electrons. The number of carbonyl (C=O) groups is 1. The lowest BCUT2D eigenvalue weighted by Crippen LogP contribution is -2.50. The van der Waals surface area contributed by atoms with E-state index in [0.717, 1.165) is 23.7 Å². The summed E-state index contributed by atoms with van der Waals surface area (Å²) in [7, 11) is 0. The zero-order valence-corrected chi connectivity index (χ0v) is 15.4. The van der Waals surface area contributed by atoms with E-state index in [1.807, 2.05) is 45.0 Å². The number of para-hydroxylation sites is 1. The Balaban J connectivity index is 1.95. The van der Waals surface area contributed by atoms with Crippen molar-refractivity contribution in [2.45, 2.75) is 42.9 Å². The second-order valence-electron chi connectivity index (χ2n) is 6.65. The van der Waals surface area contributed by atoms with Gasteiger partial charge >= 0.3 is 0 Å². The Labute approximate surface area is 148 Å². The Morgan fingerprint density at radius 3 is 2.96 bits per heavy atom. The average molecular weight is 347 g/mol. The van der Waals surface area contributed by atoms with E-state index < -0.39 is 0 Å². The minimum Gasteiger partial charge on any atom is -0.373 e. The third-order valence-electron chi connectivity index (χ3n) is 3.74. The number of nitrogens with zero attached hydrogens (tertiary/aromatic N) is 2. The zero-order valence-electron chi connectivity index (χ0n) is 14.5. The Kier molecular flexibility index (Phi) is 6.67. The largest absolute Gasteiger partial charge is 0.373 e. The lowest BCUT2D eigenvalue weighted by Gasteiger charge is -2.37. The van der Waals surface area contributed by atoms with Gasteiger partial charge < -0.3 is 10.1 Å². The van der Waals surface area contributed by atoms with Gasteiger partial charge in [0.05, 0.1) is 30.5 Å². The molecule has 6 heteroatoms. The van der Waals surface area contributed by atoms with Crippen molar-refractivity contribution >= 4 is 23.4 Å². The molecule has 0 aliphatic carbocycles. The molecule has 0 unspecified atom stereocenters. The van der Waals surface area contributed by atoms with Gasteiger partial charge in [0.25, 0.3) is 0 Å². The fourth-order valence-corrected chi connectivity index (χ4v) is 3.70. The first-order chi connectivity index (χ1) is 11.4. The number of nitrogens with one attached hydrogen (secondary N) is 1. The molecule has 0 spiro atoms. The summed E-state index contributed by atoms with van der Waals surface area (Å²) in [6.07, 6.45) is 0.482. The van der Waals surface area contributed by atoms with E-state index in [1.165, 1.54) is 0 Å². The number of thioether (sulfide) groups is 1. The van der Waals surface area contributed by atoms with Crippen molar-refractivity contribution < 1.29 is 9.53 Å². The fraction of sp³-hybridized carbons (Fsp3) is 0.556. The van der Waals surface area contributed by atoms with Crippen LogP contribution in [-0.2, 0) is 9.53 Å². The van der Waals surface area contributed by atoms with Crippen molar-refractivity contribution in [1.29, 1.82) is 5.26 Å². The van der Waals surface area contributed by atoms with Crippen molar-refractivity contribution in [3.8, 4) is 6.07 Å². The summed E-state index contributed by atoms with van der Waals surface area (Å²) in [6, 6.07) is 9.92. The molecule has 1 aromatic carbocycles. The highest BCUT2D eigenvalue weighted by atomic mass is 32.2. The molecular weight excluding hydrogens is 322 g/mol. The third-order valence-corrected chi connectivity index (χ3v) is 4.92. The van der Waals surface area contributed by atoms with Gasteiger partial charge in [0.15, 0.2) is 0 Å². The van der Waals surface area contributed by atoms with Crippen LogP contribution in [0.1, 0.15) is 27.2 Å². The molecular formula is C18H25N3O2S. The first-order valence-electron chi connectivity index (χ1n) is 8.18. The zero-order chi connectivity index (χ0) is 17.6. The second kappa shape index (κ2) is 8.52. The van der Waals surface area contributed by atoms with Gasteiger partial charge in [0.1, 0.15) is 0 Å². The van der Waals surface area contributed by atoms with E-state index in [9.17, 15) is 4.79 Å². The lowest BCUT2D eigenvalue weighted by molar-refractivity contribution is -0.122. The normalized spacial score (nSPS) is 18.6. The van der Waals surface area contributed by atoms with Gasteiger partial charge in [-0.05, 0) is 26.0 Å². The first-order valence-corrected chi connectivity index (χ1v) is 9.06. The number of carbonyl (C=O) groups excluding carboxylic acids is 1. The molecule has 0 saturated carbocycles. The predicted octanol–water partition coefficient (Wildman–Crippen LogP) is 3.13. The third kappa shape index (κ3) is 5.82. The van der Waals surface area contributed by atoms with Gasteiger partial charge in [-0.25, -0.2) is 0 Å². The molecule has 1 aliphatic heterocycles. The van der Waals surface area contributed by atoms with Gasteiger partial charge in [0, 0.05) is 29.7 Å². The molecule has 1 saturated heterocycles. The highest BCUT2D eigenvalue weighted by molar-refractivity contribution is 8.00. The van der Waals surface area contributed by atoms with Crippen molar-refractivity contribution in [1.82, 2.24) is 4.90 Å². The summed E-state index contributed by atoms with van der Waals surface area (Å²) in [5.41, 5.74) is 0.601. The molecule has 0 bridgehead atoms. The maximum Gasteiger partial charge on any atom is 0.238 e. The van der Waals surface area contributed by atoms with E-state index in [4.69, 9.17) is 10.00 Å². The van der Waals surface area contributed by atoms with Crippen LogP contribution in [0.5, 0.6) is 0 Å². The number of nitriles is 1. The molecule has 1 fully saturated rings. The van der Waals surface area contributed by atoms with Gasteiger partial charge in [-0.2, -0.15) is 5.26 Å². The first kappa shape index (κ1) is 18.8. The second-order valence-corrected chi connectivity index (χ2v) is 8.13. The monoisotopic (exact) mass is 347 g/mol. The Morgan fingerprint density at radius 1 is 1.50 bits per heavy atom. The minimum atomic E-state index is -0.209. The molecule has 1 atom stereocenters.